The van der Waals surface area contributed by atoms with Gasteiger partial charge in [-0.05, 0) is 30.7 Å². The summed E-state index contributed by atoms with van der Waals surface area (Å²) in [5.74, 6) is 0.121. The van der Waals surface area contributed by atoms with Gasteiger partial charge in [0.1, 0.15) is 5.82 Å². The van der Waals surface area contributed by atoms with Crippen molar-refractivity contribution < 1.29 is 13.7 Å². The molecule has 0 aliphatic rings. The van der Waals surface area contributed by atoms with Gasteiger partial charge in [0.25, 0.3) is 0 Å². The predicted molar refractivity (Wildman–Crippen MR) is 81.0 cm³/mol. The normalized spacial score (nSPS) is 10.6. The molecular weight excluding hydrogens is 305 g/mol. The van der Waals surface area contributed by atoms with Crippen molar-refractivity contribution in [2.24, 2.45) is 0 Å². The number of rotatable bonds is 5. The number of nitrogens with one attached hydrogen (secondary N) is 1. The van der Waals surface area contributed by atoms with Gasteiger partial charge in [-0.3, -0.25) is 4.79 Å². The molecule has 0 spiro atoms. The van der Waals surface area contributed by atoms with Crippen LogP contribution in [0.15, 0.2) is 46.6 Å². The highest BCUT2D eigenvalue weighted by Crippen LogP contribution is 2.25. The lowest BCUT2D eigenvalue weighted by Crippen LogP contribution is -2.12. The Balaban J connectivity index is 1.65. The van der Waals surface area contributed by atoms with Crippen LogP contribution in [0.5, 0.6) is 0 Å². The molecule has 3 rings (SSSR count). The fraction of sp³-hybridized carbons (Fsp3) is 0.133. The number of hydrogen-bond acceptors (Lipinski definition) is 5. The van der Waals surface area contributed by atoms with E-state index in [0.29, 0.717) is 17.3 Å². The molecule has 22 heavy (non-hydrogen) atoms. The second-order valence-electron chi connectivity index (χ2n) is 4.57. The van der Waals surface area contributed by atoms with E-state index < -0.39 is 0 Å². The van der Waals surface area contributed by atoms with Crippen LogP contribution in [-0.2, 0) is 11.2 Å². The van der Waals surface area contributed by atoms with Gasteiger partial charge in [-0.15, -0.1) is 11.3 Å². The lowest BCUT2D eigenvalue weighted by atomic mass is 10.1. The van der Waals surface area contributed by atoms with E-state index in [1.165, 1.54) is 23.5 Å². The van der Waals surface area contributed by atoms with Gasteiger partial charge in [0.15, 0.2) is 10.9 Å². The molecule has 2 heterocycles. The minimum atomic E-state index is -0.312. The standard InChI is InChI=1S/C15H12FN3O2S/c16-12-4-1-10(2-5-12)14-11(9-18-21-14)3-6-13(20)19-15-17-7-8-22-15/h1-2,4-5,7-9H,3,6H2,(H,17,19,20). The second-order valence-corrected chi connectivity index (χ2v) is 5.47. The van der Waals surface area contributed by atoms with Crippen molar-refractivity contribution in [2.45, 2.75) is 12.8 Å². The third-order valence-corrected chi connectivity index (χ3v) is 3.74. The van der Waals surface area contributed by atoms with E-state index >= 15 is 0 Å². The predicted octanol–water partition coefficient (Wildman–Crippen LogP) is 3.51. The Morgan fingerprint density at radius 3 is 2.86 bits per heavy atom. The maximum Gasteiger partial charge on any atom is 0.226 e. The van der Waals surface area contributed by atoms with E-state index in [9.17, 15) is 9.18 Å². The molecule has 0 fully saturated rings. The molecule has 0 aliphatic carbocycles. The topological polar surface area (TPSA) is 68.0 Å². The smallest absolute Gasteiger partial charge is 0.226 e. The zero-order chi connectivity index (χ0) is 15.4. The number of nitrogens with zero attached hydrogens (tertiary/aromatic N) is 2. The molecule has 2 aromatic heterocycles. The van der Waals surface area contributed by atoms with E-state index in [1.807, 2.05) is 0 Å². The average molecular weight is 317 g/mol. The molecule has 0 bridgehead atoms. The first-order chi connectivity index (χ1) is 10.7. The van der Waals surface area contributed by atoms with E-state index in [2.05, 4.69) is 15.5 Å². The summed E-state index contributed by atoms with van der Waals surface area (Å²) in [5.41, 5.74) is 1.54. The summed E-state index contributed by atoms with van der Waals surface area (Å²) in [6.07, 6.45) is 3.98. The quantitative estimate of drug-likeness (QED) is 0.782. The minimum Gasteiger partial charge on any atom is -0.356 e. The van der Waals surface area contributed by atoms with Crippen LogP contribution in [0.4, 0.5) is 9.52 Å². The highest BCUT2D eigenvalue weighted by atomic mass is 32.1. The molecular formula is C15H12FN3O2S. The summed E-state index contributed by atoms with van der Waals surface area (Å²) in [4.78, 5) is 15.8. The molecule has 0 saturated heterocycles. The van der Waals surface area contributed by atoms with Gasteiger partial charge < -0.3 is 9.84 Å². The summed E-state index contributed by atoms with van der Waals surface area (Å²) < 4.78 is 18.2. The number of thiazole rings is 1. The summed E-state index contributed by atoms with van der Waals surface area (Å²) in [6, 6.07) is 5.96. The Hall–Kier alpha value is -2.54. The molecule has 1 aromatic carbocycles. The third kappa shape index (κ3) is 3.37. The van der Waals surface area contributed by atoms with Gasteiger partial charge >= 0.3 is 0 Å². The molecule has 7 heteroatoms. The first-order valence-corrected chi connectivity index (χ1v) is 7.49. The van der Waals surface area contributed by atoms with Crippen LogP contribution in [0.3, 0.4) is 0 Å². The Kier molecular flexibility index (Phi) is 4.24. The average Bonchev–Trinajstić information content (AvgIpc) is 3.17. The lowest BCUT2D eigenvalue weighted by Gasteiger charge is -2.02. The van der Waals surface area contributed by atoms with Crippen LogP contribution in [-0.4, -0.2) is 16.0 Å². The highest BCUT2D eigenvalue weighted by molar-refractivity contribution is 7.13. The number of aryl methyl sites for hydroxylation is 1. The molecule has 0 unspecified atom stereocenters. The van der Waals surface area contributed by atoms with Crippen LogP contribution in [0.1, 0.15) is 12.0 Å². The van der Waals surface area contributed by atoms with Crippen molar-refractivity contribution in [1.82, 2.24) is 10.1 Å². The number of halogens is 1. The summed E-state index contributed by atoms with van der Waals surface area (Å²) >= 11 is 1.37. The molecule has 1 amide bonds. The summed E-state index contributed by atoms with van der Waals surface area (Å²) in [7, 11) is 0. The van der Waals surface area contributed by atoms with E-state index in [1.54, 1.807) is 29.9 Å². The third-order valence-electron chi connectivity index (χ3n) is 3.05. The minimum absolute atomic E-state index is 0.124. The number of aromatic nitrogens is 2. The molecule has 0 atom stereocenters. The van der Waals surface area contributed by atoms with E-state index in [4.69, 9.17) is 4.52 Å². The molecule has 5 nitrogen and oxygen atoms in total. The second kappa shape index (κ2) is 6.48. The summed E-state index contributed by atoms with van der Waals surface area (Å²) in [5, 5.41) is 8.85. The van der Waals surface area contributed by atoms with Crippen LogP contribution in [0.25, 0.3) is 11.3 Å². The van der Waals surface area contributed by atoms with Gasteiger partial charge in [0.05, 0.1) is 6.20 Å². The number of anilines is 1. The molecule has 1 N–H and O–H groups in total. The van der Waals surface area contributed by atoms with Crippen molar-refractivity contribution in [3.8, 4) is 11.3 Å². The van der Waals surface area contributed by atoms with Gasteiger partial charge in [-0.1, -0.05) is 5.16 Å². The fourth-order valence-corrected chi connectivity index (χ4v) is 2.54. The van der Waals surface area contributed by atoms with Crippen molar-refractivity contribution >= 4 is 22.4 Å². The van der Waals surface area contributed by atoms with Gasteiger partial charge in [-0.2, -0.15) is 0 Å². The van der Waals surface area contributed by atoms with Crippen molar-refractivity contribution in [1.29, 1.82) is 0 Å². The number of amides is 1. The van der Waals surface area contributed by atoms with Crippen molar-refractivity contribution in [3.63, 3.8) is 0 Å². The Bertz CT molecular complexity index is 753. The maximum absolute atomic E-state index is 13.0. The maximum atomic E-state index is 13.0. The van der Waals surface area contributed by atoms with Crippen LogP contribution in [0, 0.1) is 5.82 Å². The Morgan fingerprint density at radius 2 is 2.14 bits per heavy atom. The van der Waals surface area contributed by atoms with Gasteiger partial charge in [0.2, 0.25) is 5.91 Å². The van der Waals surface area contributed by atoms with E-state index in [0.717, 1.165) is 11.1 Å². The van der Waals surface area contributed by atoms with Gasteiger partial charge in [0, 0.05) is 29.1 Å². The molecule has 3 aromatic rings. The Morgan fingerprint density at radius 1 is 1.32 bits per heavy atom. The van der Waals surface area contributed by atoms with Crippen LogP contribution >= 0.6 is 11.3 Å². The Labute approximate surface area is 129 Å². The number of hydrogen-bond donors (Lipinski definition) is 1. The van der Waals surface area contributed by atoms with Crippen LogP contribution < -0.4 is 5.32 Å². The molecule has 0 saturated carbocycles. The fourth-order valence-electron chi connectivity index (χ4n) is 1.99. The number of carbonyl (C=O) groups is 1. The molecule has 0 aliphatic heterocycles. The number of benzene rings is 1. The molecule has 0 radical (unpaired) electrons. The first-order valence-electron chi connectivity index (χ1n) is 6.61. The molecule has 112 valence electrons. The first kappa shape index (κ1) is 14.4. The SMILES string of the molecule is O=C(CCc1cnoc1-c1ccc(F)cc1)Nc1nccs1. The van der Waals surface area contributed by atoms with E-state index in [-0.39, 0.29) is 18.1 Å². The zero-order valence-electron chi connectivity index (χ0n) is 11.5. The highest BCUT2D eigenvalue weighted by Gasteiger charge is 2.13. The van der Waals surface area contributed by atoms with Crippen molar-refractivity contribution in [2.75, 3.05) is 5.32 Å². The monoisotopic (exact) mass is 317 g/mol. The summed E-state index contributed by atoms with van der Waals surface area (Å²) in [6.45, 7) is 0. The van der Waals surface area contributed by atoms with Crippen molar-refractivity contribution in [3.05, 3.63) is 53.4 Å². The zero-order valence-corrected chi connectivity index (χ0v) is 12.3. The van der Waals surface area contributed by atoms with Gasteiger partial charge in [-0.25, -0.2) is 9.37 Å². The largest absolute Gasteiger partial charge is 0.356 e. The number of carbonyl (C=O) groups excluding carboxylic acids is 1. The van der Waals surface area contributed by atoms with Crippen LogP contribution in [0.2, 0.25) is 0 Å². The lowest BCUT2D eigenvalue weighted by molar-refractivity contribution is -0.116.